The predicted molar refractivity (Wildman–Crippen MR) is 99.5 cm³/mol. The molecule has 0 unspecified atom stereocenters. The quantitative estimate of drug-likeness (QED) is 0.635. The molecular weight excluding hydrogens is 350 g/mol. The van der Waals surface area contributed by atoms with Crippen LogP contribution in [-0.2, 0) is 0 Å². The second-order valence-electron chi connectivity index (χ2n) is 5.97. The van der Waals surface area contributed by atoms with E-state index >= 15 is 0 Å². The molecule has 1 aliphatic heterocycles. The number of nitro benzene ring substituents is 1. The van der Waals surface area contributed by atoms with Gasteiger partial charge in [0, 0.05) is 41.9 Å². The lowest BCUT2D eigenvalue weighted by atomic mass is 10.2. The summed E-state index contributed by atoms with van der Waals surface area (Å²) in [7, 11) is 0. The summed E-state index contributed by atoms with van der Waals surface area (Å²) in [4.78, 5) is 34.4. The second-order valence-corrected chi connectivity index (χ2v) is 5.97. The van der Waals surface area contributed by atoms with Crippen molar-refractivity contribution in [1.29, 1.82) is 0 Å². The third-order valence-corrected chi connectivity index (χ3v) is 4.01. The molecule has 2 aromatic carbocycles. The predicted octanol–water partition coefficient (Wildman–Crippen LogP) is 2.26. The molecule has 0 atom stereocenters. The molecule has 2 N–H and O–H groups in total. The monoisotopic (exact) mass is 367 g/mol. The summed E-state index contributed by atoms with van der Waals surface area (Å²) in [5.74, 6) is -1.15. The molecule has 9 nitrogen and oxygen atoms in total. The average Bonchev–Trinajstić information content (AvgIpc) is 3.12. The molecule has 0 spiro atoms. The fourth-order valence-electron chi connectivity index (χ4n) is 2.56. The van der Waals surface area contributed by atoms with E-state index < -0.39 is 16.7 Å². The van der Waals surface area contributed by atoms with Crippen molar-refractivity contribution in [2.45, 2.75) is 13.3 Å². The first-order chi connectivity index (χ1) is 12.9. The Kier molecular flexibility index (Phi) is 5.11. The number of nitro groups is 1. The van der Waals surface area contributed by atoms with Crippen LogP contribution >= 0.6 is 0 Å². The number of hydrazine groups is 1. The number of rotatable bonds is 4. The van der Waals surface area contributed by atoms with Gasteiger partial charge in [0.2, 0.25) is 0 Å². The molecule has 9 heteroatoms. The Bertz CT molecular complexity index is 924. The minimum atomic E-state index is -0.648. The summed E-state index contributed by atoms with van der Waals surface area (Å²) < 4.78 is 0. The van der Waals surface area contributed by atoms with Crippen molar-refractivity contribution < 1.29 is 14.5 Å². The molecule has 0 aromatic heterocycles. The van der Waals surface area contributed by atoms with Crippen molar-refractivity contribution in [3.05, 3.63) is 69.8 Å². The van der Waals surface area contributed by atoms with E-state index in [1.54, 1.807) is 24.3 Å². The summed E-state index contributed by atoms with van der Waals surface area (Å²) in [5, 5.41) is 17.0. The number of nitrogens with zero attached hydrogens (tertiary/aromatic N) is 3. The normalized spacial score (nSPS) is 13.1. The number of hydrogen-bond acceptors (Lipinski definition) is 6. The number of hydrogen-bond donors (Lipinski definition) is 2. The highest BCUT2D eigenvalue weighted by molar-refractivity contribution is 5.99. The zero-order valence-electron chi connectivity index (χ0n) is 14.5. The fourth-order valence-corrected chi connectivity index (χ4v) is 2.56. The van der Waals surface area contributed by atoms with Crippen LogP contribution in [0.1, 0.15) is 34.1 Å². The molecule has 2 amide bonds. The third kappa shape index (κ3) is 4.27. The lowest BCUT2D eigenvalue weighted by Gasteiger charge is -2.14. The van der Waals surface area contributed by atoms with Crippen molar-refractivity contribution in [3.8, 4) is 0 Å². The van der Waals surface area contributed by atoms with E-state index in [0.29, 0.717) is 5.56 Å². The minimum Gasteiger partial charge on any atom is -0.267 e. The lowest BCUT2D eigenvalue weighted by Crippen LogP contribution is -2.41. The smallest absolute Gasteiger partial charge is 0.267 e. The molecule has 0 saturated carbocycles. The first-order valence-electron chi connectivity index (χ1n) is 8.21. The number of nitrogens with one attached hydrogen (secondary N) is 2. The third-order valence-electron chi connectivity index (χ3n) is 4.01. The number of carbonyl (C=O) groups is 2. The Hall–Kier alpha value is -3.75. The molecule has 1 heterocycles. The molecular formula is C18H17N5O4. The highest BCUT2D eigenvalue weighted by Crippen LogP contribution is 2.19. The van der Waals surface area contributed by atoms with Gasteiger partial charge in [0.15, 0.2) is 0 Å². The van der Waals surface area contributed by atoms with E-state index in [1.807, 2.05) is 11.9 Å². The van der Waals surface area contributed by atoms with Crippen LogP contribution in [0.25, 0.3) is 0 Å². The van der Waals surface area contributed by atoms with Crippen LogP contribution in [0.2, 0.25) is 0 Å². The van der Waals surface area contributed by atoms with Gasteiger partial charge in [-0.2, -0.15) is 5.10 Å². The zero-order chi connectivity index (χ0) is 19.4. The first-order valence-corrected chi connectivity index (χ1v) is 8.21. The van der Waals surface area contributed by atoms with E-state index in [1.165, 1.54) is 18.2 Å². The molecule has 2 aromatic rings. The number of hydrazone groups is 1. The van der Waals surface area contributed by atoms with Gasteiger partial charge < -0.3 is 0 Å². The SMILES string of the molecule is CC1=NN(c2ccc(C(=O)NNC(=O)c3cccc([N+](=O)[O-])c3)cc2)CC1. The van der Waals surface area contributed by atoms with Crippen molar-refractivity contribution in [3.63, 3.8) is 0 Å². The van der Waals surface area contributed by atoms with Crippen molar-refractivity contribution in [2.24, 2.45) is 5.10 Å². The van der Waals surface area contributed by atoms with Crippen molar-refractivity contribution in [2.75, 3.05) is 11.6 Å². The molecule has 0 saturated heterocycles. The van der Waals surface area contributed by atoms with Crippen LogP contribution < -0.4 is 15.9 Å². The van der Waals surface area contributed by atoms with Crippen LogP contribution in [0.5, 0.6) is 0 Å². The molecule has 0 bridgehead atoms. The van der Waals surface area contributed by atoms with E-state index in [2.05, 4.69) is 16.0 Å². The largest absolute Gasteiger partial charge is 0.270 e. The van der Waals surface area contributed by atoms with Crippen molar-refractivity contribution >= 4 is 28.9 Å². The van der Waals surface area contributed by atoms with Gasteiger partial charge in [0.05, 0.1) is 10.6 Å². The first kappa shape index (κ1) is 18.1. The Morgan fingerprint density at radius 3 is 2.33 bits per heavy atom. The molecule has 138 valence electrons. The van der Waals surface area contributed by atoms with E-state index in [4.69, 9.17) is 0 Å². The molecule has 0 fully saturated rings. The molecule has 1 aliphatic rings. The number of carbonyl (C=O) groups excluding carboxylic acids is 2. The van der Waals surface area contributed by atoms with E-state index in [0.717, 1.165) is 30.4 Å². The van der Waals surface area contributed by atoms with Crippen molar-refractivity contribution in [1.82, 2.24) is 10.9 Å². The maximum absolute atomic E-state index is 12.2. The minimum absolute atomic E-state index is 0.0714. The molecule has 0 aliphatic carbocycles. The van der Waals surface area contributed by atoms with Crippen LogP contribution in [0, 0.1) is 10.1 Å². The summed E-state index contributed by atoms with van der Waals surface area (Å²) in [5.41, 5.74) is 6.70. The van der Waals surface area contributed by atoms with E-state index in [-0.39, 0.29) is 11.3 Å². The van der Waals surface area contributed by atoms with Gasteiger partial charge in [0.1, 0.15) is 0 Å². The second kappa shape index (κ2) is 7.65. The Morgan fingerprint density at radius 2 is 1.74 bits per heavy atom. The van der Waals surface area contributed by atoms with Crippen LogP contribution in [0.3, 0.4) is 0 Å². The van der Waals surface area contributed by atoms with Gasteiger partial charge in [-0.25, -0.2) is 0 Å². The Morgan fingerprint density at radius 1 is 1.07 bits per heavy atom. The Balaban J connectivity index is 1.60. The number of benzene rings is 2. The summed E-state index contributed by atoms with van der Waals surface area (Å²) >= 11 is 0. The topological polar surface area (TPSA) is 117 Å². The van der Waals surface area contributed by atoms with Crippen LogP contribution in [0.15, 0.2) is 53.6 Å². The highest BCUT2D eigenvalue weighted by Gasteiger charge is 2.15. The number of amides is 2. The zero-order valence-corrected chi connectivity index (χ0v) is 14.5. The Labute approximate surface area is 154 Å². The molecule has 27 heavy (non-hydrogen) atoms. The number of non-ortho nitro benzene ring substituents is 1. The van der Waals surface area contributed by atoms with Crippen LogP contribution in [0.4, 0.5) is 11.4 Å². The summed E-state index contributed by atoms with van der Waals surface area (Å²) in [6, 6.07) is 12.1. The van der Waals surface area contributed by atoms with E-state index in [9.17, 15) is 19.7 Å². The van der Waals surface area contributed by atoms with Crippen LogP contribution in [-0.4, -0.2) is 29.0 Å². The van der Waals surface area contributed by atoms with Gasteiger partial charge in [-0.05, 0) is 37.3 Å². The van der Waals surface area contributed by atoms with Gasteiger partial charge >= 0.3 is 0 Å². The standard InChI is InChI=1S/C18H17N5O4/c1-12-9-10-22(21-12)15-7-5-13(6-8-15)17(24)19-20-18(25)14-3-2-4-16(11-14)23(26)27/h2-8,11H,9-10H2,1H3,(H,19,24)(H,20,25). The van der Waals surface area contributed by atoms with Gasteiger partial charge in [-0.3, -0.25) is 35.6 Å². The lowest BCUT2D eigenvalue weighted by molar-refractivity contribution is -0.384. The summed E-state index contributed by atoms with van der Waals surface area (Å²) in [6.45, 7) is 2.77. The fraction of sp³-hybridized carbons (Fsp3) is 0.167. The molecule has 3 rings (SSSR count). The highest BCUT2D eigenvalue weighted by atomic mass is 16.6. The van der Waals surface area contributed by atoms with Gasteiger partial charge in [0.25, 0.3) is 17.5 Å². The number of anilines is 1. The molecule has 0 radical (unpaired) electrons. The van der Waals surface area contributed by atoms with Gasteiger partial charge in [-0.1, -0.05) is 6.07 Å². The van der Waals surface area contributed by atoms with Gasteiger partial charge in [-0.15, -0.1) is 0 Å². The average molecular weight is 367 g/mol. The maximum atomic E-state index is 12.2. The summed E-state index contributed by atoms with van der Waals surface area (Å²) in [6.07, 6.45) is 0.909. The maximum Gasteiger partial charge on any atom is 0.270 e.